The molecule has 0 aliphatic carbocycles. The van der Waals surface area contributed by atoms with Crippen LogP contribution in [0.4, 0.5) is 11.6 Å². The van der Waals surface area contributed by atoms with Crippen molar-refractivity contribution in [3.63, 3.8) is 0 Å². The van der Waals surface area contributed by atoms with Gasteiger partial charge in [0.25, 0.3) is 0 Å². The number of sulfonamides is 1. The smallest absolute Gasteiger partial charge is 0.243 e. The molecule has 0 atom stereocenters. The third-order valence-electron chi connectivity index (χ3n) is 5.93. The SMILES string of the molecule is O=S(=O)(c1ccc2c(c1)CCO2)N1CCN(c2ccc(N3CCCC3)nn2)CC1. The first kappa shape index (κ1) is 18.6. The summed E-state index contributed by atoms with van der Waals surface area (Å²) in [5, 5.41) is 8.76. The Morgan fingerprint density at radius 1 is 0.828 bits per heavy atom. The molecule has 0 amide bonds. The molecular formula is C20H25N5O3S. The van der Waals surface area contributed by atoms with Gasteiger partial charge < -0.3 is 14.5 Å². The van der Waals surface area contributed by atoms with Crippen molar-refractivity contribution in [3.8, 4) is 5.75 Å². The number of aromatic nitrogens is 2. The van der Waals surface area contributed by atoms with Crippen LogP contribution in [0.15, 0.2) is 35.2 Å². The summed E-state index contributed by atoms with van der Waals surface area (Å²) in [6.07, 6.45) is 3.17. The van der Waals surface area contributed by atoms with Gasteiger partial charge in [-0.25, -0.2) is 8.42 Å². The molecule has 0 unspecified atom stereocenters. The summed E-state index contributed by atoms with van der Waals surface area (Å²) in [6, 6.07) is 9.18. The van der Waals surface area contributed by atoms with Gasteiger partial charge in [-0.1, -0.05) is 0 Å². The number of nitrogens with zero attached hydrogens (tertiary/aromatic N) is 5. The van der Waals surface area contributed by atoms with Crippen LogP contribution in [0.1, 0.15) is 18.4 Å². The molecule has 8 nitrogen and oxygen atoms in total. The van der Waals surface area contributed by atoms with Crippen LogP contribution >= 0.6 is 0 Å². The predicted molar refractivity (Wildman–Crippen MR) is 110 cm³/mol. The molecule has 2 fully saturated rings. The maximum absolute atomic E-state index is 13.1. The second-order valence-corrected chi connectivity index (χ2v) is 9.64. The number of ether oxygens (including phenoxy) is 1. The average molecular weight is 416 g/mol. The highest BCUT2D eigenvalue weighted by Crippen LogP contribution is 2.29. The van der Waals surface area contributed by atoms with Gasteiger partial charge in [0.2, 0.25) is 10.0 Å². The van der Waals surface area contributed by atoms with Crippen LogP contribution < -0.4 is 14.5 Å². The molecule has 0 spiro atoms. The van der Waals surface area contributed by atoms with E-state index in [1.54, 1.807) is 22.5 Å². The van der Waals surface area contributed by atoms with Crippen LogP contribution in [0.2, 0.25) is 0 Å². The largest absolute Gasteiger partial charge is 0.493 e. The predicted octanol–water partition coefficient (Wildman–Crippen LogP) is 1.52. The number of fused-ring (bicyclic) bond motifs is 1. The van der Waals surface area contributed by atoms with E-state index in [0.29, 0.717) is 37.7 Å². The van der Waals surface area contributed by atoms with Gasteiger partial charge in [-0.2, -0.15) is 4.31 Å². The van der Waals surface area contributed by atoms with Crippen molar-refractivity contribution in [3.05, 3.63) is 35.9 Å². The maximum Gasteiger partial charge on any atom is 0.243 e. The quantitative estimate of drug-likeness (QED) is 0.749. The standard InChI is InChI=1S/C20H25N5O3S/c26-29(27,17-3-4-18-16(15-17)7-14-28-18)25-12-10-24(11-13-25)20-6-5-19(21-22-20)23-8-1-2-9-23/h3-6,15H,1-2,7-14H2. The van der Waals surface area contributed by atoms with Gasteiger partial charge in [0, 0.05) is 45.7 Å². The number of piperazine rings is 1. The normalized spacial score (nSPS) is 20.0. The van der Waals surface area contributed by atoms with E-state index in [9.17, 15) is 8.42 Å². The van der Waals surface area contributed by atoms with Crippen molar-refractivity contribution in [1.29, 1.82) is 0 Å². The van der Waals surface area contributed by atoms with Gasteiger partial charge in [-0.3, -0.25) is 0 Å². The Labute approximate surface area is 171 Å². The van der Waals surface area contributed by atoms with Crippen molar-refractivity contribution in [1.82, 2.24) is 14.5 Å². The fraction of sp³-hybridized carbons (Fsp3) is 0.500. The lowest BCUT2D eigenvalue weighted by molar-refractivity contribution is 0.356. The van der Waals surface area contributed by atoms with Crippen molar-refractivity contribution in [2.75, 3.05) is 55.7 Å². The van der Waals surface area contributed by atoms with E-state index >= 15 is 0 Å². The Kier molecular flexibility index (Phi) is 4.79. The molecule has 9 heteroatoms. The summed E-state index contributed by atoms with van der Waals surface area (Å²) in [7, 11) is -3.50. The fourth-order valence-electron chi connectivity index (χ4n) is 4.23. The van der Waals surface area contributed by atoms with Crippen LogP contribution in [0, 0.1) is 0 Å². The van der Waals surface area contributed by atoms with Crippen LogP contribution in [-0.2, 0) is 16.4 Å². The number of hydrogen-bond donors (Lipinski definition) is 0. The molecule has 1 aromatic carbocycles. The zero-order chi connectivity index (χ0) is 19.8. The first-order valence-electron chi connectivity index (χ1n) is 10.2. The van der Waals surface area contributed by atoms with Crippen LogP contribution in [-0.4, -0.2) is 68.8 Å². The second-order valence-electron chi connectivity index (χ2n) is 7.70. The van der Waals surface area contributed by atoms with Crippen LogP contribution in [0.5, 0.6) is 5.75 Å². The molecule has 0 bridgehead atoms. The molecule has 2 saturated heterocycles. The molecule has 3 aliphatic heterocycles. The van der Waals surface area contributed by atoms with E-state index in [1.807, 2.05) is 12.1 Å². The van der Waals surface area contributed by atoms with Gasteiger partial charge in [-0.15, -0.1) is 10.2 Å². The summed E-state index contributed by atoms with van der Waals surface area (Å²) in [5.41, 5.74) is 0.970. The lowest BCUT2D eigenvalue weighted by Gasteiger charge is -2.34. The third-order valence-corrected chi connectivity index (χ3v) is 7.82. The van der Waals surface area contributed by atoms with Gasteiger partial charge in [-0.05, 0) is 48.7 Å². The molecule has 2 aromatic rings. The molecule has 0 N–H and O–H groups in total. The fourth-order valence-corrected chi connectivity index (χ4v) is 5.71. The summed E-state index contributed by atoms with van der Waals surface area (Å²) < 4.78 is 33.2. The number of benzene rings is 1. The van der Waals surface area contributed by atoms with Crippen molar-refractivity contribution < 1.29 is 13.2 Å². The zero-order valence-electron chi connectivity index (χ0n) is 16.3. The van der Waals surface area contributed by atoms with Gasteiger partial charge in [0.1, 0.15) is 5.75 Å². The topological polar surface area (TPSA) is 78.9 Å². The van der Waals surface area contributed by atoms with E-state index in [4.69, 9.17) is 4.74 Å². The highest BCUT2D eigenvalue weighted by atomic mass is 32.2. The Balaban J connectivity index is 1.25. The Morgan fingerprint density at radius 2 is 1.48 bits per heavy atom. The lowest BCUT2D eigenvalue weighted by Crippen LogP contribution is -2.49. The Bertz CT molecular complexity index is 982. The molecule has 5 rings (SSSR count). The molecule has 29 heavy (non-hydrogen) atoms. The van der Waals surface area contributed by atoms with Crippen molar-refractivity contribution in [2.45, 2.75) is 24.2 Å². The summed E-state index contributed by atoms with van der Waals surface area (Å²) >= 11 is 0. The van der Waals surface area contributed by atoms with E-state index in [-0.39, 0.29) is 0 Å². The first-order chi connectivity index (χ1) is 14.1. The van der Waals surface area contributed by atoms with Crippen molar-refractivity contribution >= 4 is 21.7 Å². The summed E-state index contributed by atoms with van der Waals surface area (Å²) in [6.45, 7) is 4.78. The minimum absolute atomic E-state index is 0.352. The molecule has 0 radical (unpaired) electrons. The highest BCUT2D eigenvalue weighted by Gasteiger charge is 2.30. The molecular weight excluding hydrogens is 390 g/mol. The minimum Gasteiger partial charge on any atom is -0.493 e. The third kappa shape index (κ3) is 3.53. The molecule has 3 aliphatic rings. The van der Waals surface area contributed by atoms with Gasteiger partial charge >= 0.3 is 0 Å². The highest BCUT2D eigenvalue weighted by molar-refractivity contribution is 7.89. The number of hydrogen-bond acceptors (Lipinski definition) is 7. The Morgan fingerprint density at radius 3 is 2.14 bits per heavy atom. The molecule has 154 valence electrons. The van der Waals surface area contributed by atoms with E-state index in [0.717, 1.165) is 42.5 Å². The zero-order valence-corrected chi connectivity index (χ0v) is 17.1. The van der Waals surface area contributed by atoms with Crippen LogP contribution in [0.25, 0.3) is 0 Å². The maximum atomic E-state index is 13.1. The Hall–Kier alpha value is -2.39. The first-order valence-corrected chi connectivity index (χ1v) is 11.6. The summed E-state index contributed by atoms with van der Waals surface area (Å²) in [5.74, 6) is 2.53. The van der Waals surface area contributed by atoms with Crippen molar-refractivity contribution in [2.24, 2.45) is 0 Å². The van der Waals surface area contributed by atoms with Gasteiger partial charge in [0.15, 0.2) is 11.6 Å². The minimum atomic E-state index is -3.50. The molecule has 1 aromatic heterocycles. The monoisotopic (exact) mass is 415 g/mol. The molecule has 4 heterocycles. The van der Waals surface area contributed by atoms with Crippen LogP contribution in [0.3, 0.4) is 0 Å². The van der Waals surface area contributed by atoms with Gasteiger partial charge in [0.05, 0.1) is 11.5 Å². The second kappa shape index (κ2) is 7.46. The van der Waals surface area contributed by atoms with E-state index in [2.05, 4.69) is 20.0 Å². The number of rotatable bonds is 4. The molecule has 0 saturated carbocycles. The summed E-state index contributed by atoms with van der Waals surface area (Å²) in [4.78, 5) is 4.71. The van der Waals surface area contributed by atoms with E-state index in [1.165, 1.54) is 12.8 Å². The average Bonchev–Trinajstić information content (AvgIpc) is 3.45. The van der Waals surface area contributed by atoms with E-state index < -0.39 is 10.0 Å². The number of anilines is 2. The lowest BCUT2D eigenvalue weighted by atomic mass is 10.2.